The smallest absolute Gasteiger partial charge is 0 e. The van der Waals surface area contributed by atoms with E-state index in [4.69, 9.17) is 0 Å². The average Bonchev–Trinajstić information content (AvgIpc) is 2.33. The molecule has 121 valence electrons. The first-order chi connectivity index (χ1) is 8.60. The van der Waals surface area contributed by atoms with E-state index < -0.39 is 0 Å². The molecule has 0 aromatic carbocycles. The molecule has 0 nitrogen and oxygen atoms in total. The molecule has 0 saturated carbocycles. The van der Waals surface area contributed by atoms with Gasteiger partial charge in [-0.15, -0.1) is 0 Å². The summed E-state index contributed by atoms with van der Waals surface area (Å²) in [5.74, 6) is 2.76. The monoisotopic (exact) mass is 357 g/mol. The Labute approximate surface area is 156 Å². The van der Waals surface area contributed by atoms with Gasteiger partial charge in [0.1, 0.15) is 0 Å². The zero-order chi connectivity index (χ0) is 13.8. The summed E-state index contributed by atoms with van der Waals surface area (Å²) in [6, 6.07) is 0. The van der Waals surface area contributed by atoms with E-state index in [1.807, 2.05) is 0 Å². The summed E-state index contributed by atoms with van der Waals surface area (Å²) in [6.45, 7) is 13.5. The van der Waals surface area contributed by atoms with Gasteiger partial charge in [0.15, 0.2) is 0 Å². The zero-order valence-electron chi connectivity index (χ0n) is 15.1. The number of hydrogen-bond acceptors (Lipinski definition) is 0. The van der Waals surface area contributed by atoms with Crippen LogP contribution in [0.4, 0.5) is 0 Å². The fourth-order valence-corrected chi connectivity index (χ4v) is 2.95. The van der Waals surface area contributed by atoms with Gasteiger partial charge in [-0.05, 0) is 30.6 Å². The molecule has 0 aromatic heterocycles. The summed E-state index contributed by atoms with van der Waals surface area (Å²) in [5.41, 5.74) is 0. The quantitative estimate of drug-likeness (QED) is 0.258. The van der Waals surface area contributed by atoms with Gasteiger partial charge in [0.05, 0.1) is 0 Å². The Morgan fingerprint density at radius 1 is 0.750 bits per heavy atom. The third-order valence-electron chi connectivity index (χ3n) is 4.25. The van der Waals surface area contributed by atoms with Crippen molar-refractivity contribution in [2.45, 2.75) is 91.9 Å². The van der Waals surface area contributed by atoms with Crippen LogP contribution in [-0.4, -0.2) is 0 Å². The first kappa shape index (κ1) is 26.0. The van der Waals surface area contributed by atoms with Crippen LogP contribution in [0.3, 0.4) is 0 Å². The first-order valence-electron chi connectivity index (χ1n) is 8.39. The number of rotatable bonds is 12. The molecular formula is C19H40Y-2. The van der Waals surface area contributed by atoms with E-state index in [0.717, 1.165) is 24.2 Å². The Morgan fingerprint density at radius 3 is 1.80 bits per heavy atom. The van der Waals surface area contributed by atoms with Crippen molar-refractivity contribution in [3.05, 3.63) is 14.4 Å². The third kappa shape index (κ3) is 17.2. The molecule has 1 radical (unpaired) electrons. The van der Waals surface area contributed by atoms with Crippen molar-refractivity contribution < 1.29 is 32.7 Å². The van der Waals surface area contributed by atoms with Gasteiger partial charge in [-0.25, -0.2) is 0 Å². The summed E-state index contributed by atoms with van der Waals surface area (Å²) >= 11 is 0. The fraction of sp³-hybridized carbons (Fsp3) is 0.895. The van der Waals surface area contributed by atoms with Crippen LogP contribution in [-0.2, 0) is 32.7 Å². The summed E-state index contributed by atoms with van der Waals surface area (Å²) in [7, 11) is 0. The molecule has 0 N–H and O–H groups in total. The minimum Gasteiger partial charge on any atom is -0.358 e. The van der Waals surface area contributed by atoms with Gasteiger partial charge in [-0.2, -0.15) is 6.42 Å². The van der Waals surface area contributed by atoms with Gasteiger partial charge >= 0.3 is 0 Å². The number of unbranched alkanes of at least 4 members (excludes halogenated alkanes) is 5. The first-order valence-corrected chi connectivity index (χ1v) is 8.39. The van der Waals surface area contributed by atoms with Gasteiger partial charge < -0.3 is 14.4 Å². The second kappa shape index (κ2) is 18.2. The molecular weight excluding hydrogens is 317 g/mol. The van der Waals surface area contributed by atoms with Crippen LogP contribution in [0.1, 0.15) is 91.9 Å². The van der Waals surface area contributed by atoms with E-state index in [1.54, 1.807) is 0 Å². The molecule has 0 spiro atoms. The van der Waals surface area contributed by atoms with Crippen LogP contribution in [0, 0.1) is 32.1 Å². The molecule has 0 aliphatic heterocycles. The van der Waals surface area contributed by atoms with Crippen LogP contribution in [0.25, 0.3) is 0 Å². The Morgan fingerprint density at radius 2 is 1.25 bits per heavy atom. The van der Waals surface area contributed by atoms with Crippen molar-refractivity contribution in [1.82, 2.24) is 0 Å². The van der Waals surface area contributed by atoms with Gasteiger partial charge in [0.25, 0.3) is 0 Å². The van der Waals surface area contributed by atoms with Gasteiger partial charge in [0.2, 0.25) is 0 Å². The van der Waals surface area contributed by atoms with Crippen molar-refractivity contribution in [3.63, 3.8) is 0 Å². The normalized spacial score (nSPS) is 14.8. The standard InChI is InChI=1S/C18H37.CH3.Y/c1-6-8-9-10-11-12-13-17(4)15-18(5)14-16(3)7-2;;/h16-18H,1,6-15H2,2-5H3;1H3;/q2*-1;. The summed E-state index contributed by atoms with van der Waals surface area (Å²) < 4.78 is 0. The number of hydrogen-bond donors (Lipinski definition) is 0. The van der Waals surface area contributed by atoms with Crippen LogP contribution in [0.5, 0.6) is 0 Å². The van der Waals surface area contributed by atoms with Crippen molar-refractivity contribution in [3.8, 4) is 0 Å². The van der Waals surface area contributed by atoms with Gasteiger partial charge in [-0.1, -0.05) is 72.6 Å². The van der Waals surface area contributed by atoms with Crippen LogP contribution in [0.15, 0.2) is 0 Å². The SMILES string of the molecule is [CH2-]CCCCCCCC(C)CC(C)CC(C)CC.[CH3-].[Y]. The molecule has 0 aliphatic rings. The Balaban J connectivity index is -0.00000144. The van der Waals surface area contributed by atoms with Crippen molar-refractivity contribution in [2.24, 2.45) is 17.8 Å². The second-order valence-electron chi connectivity index (χ2n) is 6.61. The molecule has 0 bridgehead atoms. The molecule has 0 saturated heterocycles. The maximum absolute atomic E-state index is 3.89. The maximum atomic E-state index is 3.89. The molecule has 0 aromatic rings. The third-order valence-corrected chi connectivity index (χ3v) is 4.25. The van der Waals surface area contributed by atoms with Gasteiger partial charge in [-0.3, -0.25) is 0 Å². The van der Waals surface area contributed by atoms with E-state index in [9.17, 15) is 0 Å². The molecule has 0 rings (SSSR count). The Bertz CT molecular complexity index is 167. The molecule has 3 atom stereocenters. The van der Waals surface area contributed by atoms with E-state index in [1.165, 1.54) is 57.8 Å². The Hall–Kier alpha value is 1.10. The van der Waals surface area contributed by atoms with Crippen LogP contribution < -0.4 is 0 Å². The second-order valence-corrected chi connectivity index (χ2v) is 6.61. The molecule has 0 fully saturated rings. The van der Waals surface area contributed by atoms with Crippen molar-refractivity contribution in [1.29, 1.82) is 0 Å². The predicted octanol–water partition coefficient (Wildman–Crippen LogP) is 7.10. The molecule has 0 aliphatic carbocycles. The molecule has 0 amide bonds. The molecule has 20 heavy (non-hydrogen) atoms. The fourth-order valence-electron chi connectivity index (χ4n) is 2.95. The largest absolute Gasteiger partial charge is 0.358 e. The predicted molar refractivity (Wildman–Crippen MR) is 91.1 cm³/mol. The molecule has 1 heteroatoms. The van der Waals surface area contributed by atoms with E-state index >= 15 is 0 Å². The van der Waals surface area contributed by atoms with Crippen LogP contribution >= 0.6 is 0 Å². The van der Waals surface area contributed by atoms with Crippen molar-refractivity contribution in [2.75, 3.05) is 0 Å². The molecule has 3 unspecified atom stereocenters. The minimum absolute atomic E-state index is 0. The average molecular weight is 357 g/mol. The van der Waals surface area contributed by atoms with Crippen LogP contribution in [0.2, 0.25) is 0 Å². The zero-order valence-corrected chi connectivity index (χ0v) is 17.9. The maximum Gasteiger partial charge on any atom is 0 e. The summed E-state index contributed by atoms with van der Waals surface area (Å²) in [5, 5.41) is 0. The van der Waals surface area contributed by atoms with E-state index in [0.29, 0.717) is 0 Å². The minimum atomic E-state index is 0. The summed E-state index contributed by atoms with van der Waals surface area (Å²) in [6.07, 6.45) is 13.8. The van der Waals surface area contributed by atoms with Crippen molar-refractivity contribution >= 4 is 0 Å². The van der Waals surface area contributed by atoms with Gasteiger partial charge in [0, 0.05) is 32.7 Å². The van der Waals surface area contributed by atoms with E-state index in [2.05, 4.69) is 34.6 Å². The van der Waals surface area contributed by atoms with E-state index in [-0.39, 0.29) is 40.1 Å². The topological polar surface area (TPSA) is 0 Å². The Kier molecular flexibility index (Phi) is 23.6. The summed E-state index contributed by atoms with van der Waals surface area (Å²) in [4.78, 5) is 0. The molecule has 0 heterocycles.